The van der Waals surface area contributed by atoms with Crippen molar-refractivity contribution in [3.05, 3.63) is 102 Å². The Bertz CT molecular complexity index is 1560. The number of nitrogens with zero attached hydrogens (tertiary/aromatic N) is 4. The Kier molecular flexibility index (Phi) is 7.08. The number of para-hydroxylation sites is 1. The van der Waals surface area contributed by atoms with E-state index in [2.05, 4.69) is 46.1 Å². The molecule has 0 aliphatic heterocycles. The highest BCUT2D eigenvalue weighted by atomic mass is 19.3. The number of rotatable bonds is 8. The minimum absolute atomic E-state index is 0.0270. The summed E-state index contributed by atoms with van der Waals surface area (Å²) in [5, 5.41) is 8.13. The second-order valence-corrected chi connectivity index (χ2v) is 8.98. The summed E-state index contributed by atoms with van der Waals surface area (Å²) in [4.78, 5) is 21.6. The number of alkyl halides is 2. The molecule has 1 radical (unpaired) electrons. The molecule has 0 saturated carbocycles. The van der Waals surface area contributed by atoms with Crippen molar-refractivity contribution in [2.24, 2.45) is 0 Å². The largest absolute Gasteiger partial charge is 0.435 e. The first-order chi connectivity index (χ1) is 18.4. The molecule has 0 spiro atoms. The van der Waals surface area contributed by atoms with Crippen LogP contribution >= 0.6 is 0 Å². The van der Waals surface area contributed by atoms with Gasteiger partial charge in [0.05, 0.1) is 16.9 Å². The van der Waals surface area contributed by atoms with Gasteiger partial charge in [0.25, 0.3) is 5.91 Å². The molecule has 5 aromatic rings. The van der Waals surface area contributed by atoms with Gasteiger partial charge in [-0.05, 0) is 66.4 Å². The molecule has 0 atom stereocenters. The third-order valence-electron chi connectivity index (χ3n) is 5.81. The molecule has 191 valence electrons. The van der Waals surface area contributed by atoms with Crippen LogP contribution in [0.5, 0.6) is 5.75 Å². The lowest BCUT2D eigenvalue weighted by Gasteiger charge is -2.12. The maximum Gasteiger partial charge on any atom is 0.387 e. The van der Waals surface area contributed by atoms with E-state index in [-0.39, 0.29) is 11.6 Å². The Labute approximate surface area is 218 Å². The van der Waals surface area contributed by atoms with E-state index in [4.69, 9.17) is 4.98 Å². The summed E-state index contributed by atoms with van der Waals surface area (Å²) in [5.74, 6) is 0.835. The average molecular weight is 513 g/mol. The van der Waals surface area contributed by atoms with Gasteiger partial charge in [0.15, 0.2) is 0 Å². The maximum absolute atomic E-state index is 12.7. The third-order valence-corrected chi connectivity index (χ3v) is 5.81. The molecule has 38 heavy (non-hydrogen) atoms. The molecule has 0 aliphatic carbocycles. The van der Waals surface area contributed by atoms with Crippen molar-refractivity contribution in [1.29, 1.82) is 0 Å². The summed E-state index contributed by atoms with van der Waals surface area (Å²) >= 11 is 0. The molecular formula is C29H24F2N5O2. The fourth-order valence-corrected chi connectivity index (χ4v) is 4.11. The van der Waals surface area contributed by atoms with E-state index in [1.807, 2.05) is 30.3 Å². The number of benzene rings is 3. The van der Waals surface area contributed by atoms with Crippen LogP contribution in [0.1, 0.15) is 30.0 Å². The molecule has 0 fully saturated rings. The van der Waals surface area contributed by atoms with E-state index in [1.165, 1.54) is 34.6 Å². The summed E-state index contributed by atoms with van der Waals surface area (Å²) in [6, 6.07) is 23.5. The number of amides is 1. The van der Waals surface area contributed by atoms with Crippen LogP contribution in [0.2, 0.25) is 0 Å². The Balaban J connectivity index is 1.30. The highest BCUT2D eigenvalue weighted by Crippen LogP contribution is 2.28. The van der Waals surface area contributed by atoms with Crippen LogP contribution in [0.4, 0.5) is 14.5 Å². The predicted octanol–water partition coefficient (Wildman–Crippen LogP) is 6.49. The van der Waals surface area contributed by atoms with Crippen LogP contribution < -0.4 is 10.1 Å². The van der Waals surface area contributed by atoms with Gasteiger partial charge in [-0.2, -0.15) is 8.78 Å². The van der Waals surface area contributed by atoms with Crippen LogP contribution in [0.25, 0.3) is 27.8 Å². The fraction of sp³-hybridized carbons (Fsp3) is 0.138. The van der Waals surface area contributed by atoms with Gasteiger partial charge in [-0.1, -0.05) is 44.2 Å². The number of anilines is 1. The molecule has 7 nitrogen and oxygen atoms in total. The van der Waals surface area contributed by atoms with Crippen LogP contribution in [-0.4, -0.2) is 32.3 Å². The SMILES string of the molecule is C[C](C)Cc1cc(-c2ccc(NC(=O)c3ncn(-c4ccc(OC(F)F)cc4)n3)cc2)nc2ccccc12. The molecule has 0 bridgehead atoms. The summed E-state index contributed by atoms with van der Waals surface area (Å²) < 4.78 is 30.4. The number of ether oxygens (including phenoxy) is 1. The number of hydrogen-bond acceptors (Lipinski definition) is 5. The molecule has 0 unspecified atom stereocenters. The Hall–Kier alpha value is -4.66. The van der Waals surface area contributed by atoms with Gasteiger partial charge in [0.2, 0.25) is 5.82 Å². The number of carbonyl (C=O) groups excluding carboxylic acids is 1. The lowest BCUT2D eigenvalue weighted by Crippen LogP contribution is -2.14. The van der Waals surface area contributed by atoms with E-state index in [0.717, 1.165) is 28.6 Å². The fourth-order valence-electron chi connectivity index (χ4n) is 4.11. The van der Waals surface area contributed by atoms with Crippen molar-refractivity contribution in [2.75, 3.05) is 5.32 Å². The number of nitrogens with one attached hydrogen (secondary N) is 1. The van der Waals surface area contributed by atoms with Gasteiger partial charge in [0, 0.05) is 16.6 Å². The van der Waals surface area contributed by atoms with Gasteiger partial charge < -0.3 is 10.1 Å². The van der Waals surface area contributed by atoms with Crippen molar-refractivity contribution in [1.82, 2.24) is 19.7 Å². The number of fused-ring (bicyclic) bond motifs is 1. The molecular weight excluding hydrogens is 488 g/mol. The summed E-state index contributed by atoms with van der Waals surface area (Å²) in [6.45, 7) is 1.33. The van der Waals surface area contributed by atoms with Gasteiger partial charge in [-0.25, -0.2) is 14.6 Å². The maximum atomic E-state index is 12.7. The molecule has 9 heteroatoms. The average Bonchev–Trinajstić information content (AvgIpc) is 3.39. The van der Waals surface area contributed by atoms with E-state index in [0.29, 0.717) is 11.4 Å². The topological polar surface area (TPSA) is 81.9 Å². The van der Waals surface area contributed by atoms with E-state index in [1.54, 1.807) is 24.3 Å². The smallest absolute Gasteiger partial charge is 0.387 e. The van der Waals surface area contributed by atoms with E-state index >= 15 is 0 Å². The molecule has 1 amide bonds. The van der Waals surface area contributed by atoms with Crippen LogP contribution in [-0.2, 0) is 6.42 Å². The van der Waals surface area contributed by atoms with Gasteiger partial charge >= 0.3 is 6.61 Å². The summed E-state index contributed by atoms with van der Waals surface area (Å²) in [5.41, 5.74) is 5.09. The molecule has 1 N–H and O–H groups in total. The first-order valence-corrected chi connectivity index (χ1v) is 11.9. The first kappa shape index (κ1) is 25.0. The van der Waals surface area contributed by atoms with Crippen molar-refractivity contribution in [2.45, 2.75) is 26.9 Å². The first-order valence-electron chi connectivity index (χ1n) is 11.9. The van der Waals surface area contributed by atoms with Crippen molar-refractivity contribution in [3.8, 4) is 22.7 Å². The number of carbonyl (C=O) groups is 1. The molecule has 0 saturated heterocycles. The Morgan fingerprint density at radius 1 is 1.00 bits per heavy atom. The summed E-state index contributed by atoms with van der Waals surface area (Å²) in [6.07, 6.45) is 2.25. The molecule has 2 heterocycles. The van der Waals surface area contributed by atoms with Gasteiger partial charge in [-0.15, -0.1) is 5.10 Å². The van der Waals surface area contributed by atoms with Gasteiger partial charge in [-0.3, -0.25) is 4.79 Å². The van der Waals surface area contributed by atoms with Gasteiger partial charge in [0.1, 0.15) is 12.1 Å². The Morgan fingerprint density at radius 3 is 2.45 bits per heavy atom. The molecule has 2 aromatic heterocycles. The second-order valence-electron chi connectivity index (χ2n) is 8.98. The third kappa shape index (κ3) is 5.67. The lowest BCUT2D eigenvalue weighted by atomic mass is 9.97. The van der Waals surface area contributed by atoms with E-state index < -0.39 is 12.5 Å². The van der Waals surface area contributed by atoms with Crippen molar-refractivity contribution >= 4 is 22.5 Å². The van der Waals surface area contributed by atoms with E-state index in [9.17, 15) is 13.6 Å². The minimum Gasteiger partial charge on any atom is -0.435 e. The van der Waals surface area contributed by atoms with Crippen LogP contribution in [0.3, 0.4) is 0 Å². The number of halogens is 2. The zero-order chi connectivity index (χ0) is 26.6. The quantitative estimate of drug-likeness (QED) is 0.257. The highest BCUT2D eigenvalue weighted by Gasteiger charge is 2.14. The monoisotopic (exact) mass is 512 g/mol. The van der Waals surface area contributed by atoms with Crippen molar-refractivity contribution in [3.63, 3.8) is 0 Å². The predicted molar refractivity (Wildman–Crippen MR) is 141 cm³/mol. The summed E-state index contributed by atoms with van der Waals surface area (Å²) in [7, 11) is 0. The normalized spacial score (nSPS) is 11.3. The highest BCUT2D eigenvalue weighted by molar-refractivity contribution is 6.01. The van der Waals surface area contributed by atoms with Crippen LogP contribution in [0, 0.1) is 5.92 Å². The van der Waals surface area contributed by atoms with Crippen LogP contribution in [0.15, 0.2) is 85.2 Å². The Morgan fingerprint density at radius 2 is 1.74 bits per heavy atom. The molecule has 0 aliphatic rings. The lowest BCUT2D eigenvalue weighted by molar-refractivity contribution is -0.0498. The molecule has 5 rings (SSSR count). The number of pyridine rings is 1. The minimum atomic E-state index is -2.90. The standard InChI is InChI=1S/C29H24F2N5O2/c1-18(2)15-20-16-26(34-25-6-4-3-5-24(20)25)19-7-9-21(10-8-19)33-28(37)27-32-17-36(35-27)22-11-13-23(14-12-22)38-29(30)31/h3-14,16-17,29H,15H2,1-2H3,(H,33,37). The molecule has 3 aromatic carbocycles. The van der Waals surface area contributed by atoms with Crippen molar-refractivity contribution < 1.29 is 18.3 Å². The second kappa shape index (κ2) is 10.8. The number of aromatic nitrogens is 4. The zero-order valence-corrected chi connectivity index (χ0v) is 20.7. The zero-order valence-electron chi connectivity index (χ0n) is 20.7. The number of hydrogen-bond donors (Lipinski definition) is 1.